The van der Waals surface area contributed by atoms with Gasteiger partial charge in [0, 0.05) is 17.0 Å². The molecule has 0 aliphatic heterocycles. The summed E-state index contributed by atoms with van der Waals surface area (Å²) in [6.07, 6.45) is 7.98. The van der Waals surface area contributed by atoms with Gasteiger partial charge in [0.15, 0.2) is 0 Å². The molecule has 0 saturated heterocycles. The first-order valence-corrected chi connectivity index (χ1v) is 9.36. The van der Waals surface area contributed by atoms with E-state index in [0.29, 0.717) is 0 Å². The molecule has 0 aromatic heterocycles. The third-order valence-corrected chi connectivity index (χ3v) is 5.78. The van der Waals surface area contributed by atoms with Crippen molar-refractivity contribution < 1.29 is 4.39 Å². The monoisotopic (exact) mass is 309 g/mol. The van der Waals surface area contributed by atoms with E-state index in [1.165, 1.54) is 37.7 Å². The van der Waals surface area contributed by atoms with Gasteiger partial charge in [-0.1, -0.05) is 32.3 Å². The zero-order valence-corrected chi connectivity index (χ0v) is 14.1. The Morgan fingerprint density at radius 3 is 2.76 bits per heavy atom. The Labute approximate surface area is 133 Å². The summed E-state index contributed by atoms with van der Waals surface area (Å²) in [5, 5.41) is 4.41. The normalized spacial score (nSPS) is 17.9. The lowest BCUT2D eigenvalue weighted by molar-refractivity contribution is 0.513. The summed E-state index contributed by atoms with van der Waals surface area (Å²) in [5.41, 5.74) is 2.32. The van der Waals surface area contributed by atoms with E-state index in [-0.39, 0.29) is 11.9 Å². The number of hydrogen-bond donors (Lipinski definition) is 1. The molecule has 1 aromatic rings. The smallest absolute Gasteiger partial charge is 0.123 e. The lowest BCUT2D eigenvalue weighted by atomic mass is 10.0. The summed E-state index contributed by atoms with van der Waals surface area (Å²) in [6.45, 7) is 5.25. The van der Waals surface area contributed by atoms with E-state index in [9.17, 15) is 4.39 Å². The van der Waals surface area contributed by atoms with Crippen LogP contribution in [0.15, 0.2) is 18.2 Å². The van der Waals surface area contributed by atoms with Gasteiger partial charge in [0.1, 0.15) is 5.82 Å². The molecule has 1 atom stereocenters. The van der Waals surface area contributed by atoms with Gasteiger partial charge in [0.05, 0.1) is 0 Å². The zero-order chi connectivity index (χ0) is 15.1. The predicted octanol–water partition coefficient (Wildman–Crippen LogP) is 5.24. The summed E-state index contributed by atoms with van der Waals surface area (Å²) >= 11 is 2.08. The molecule has 2 rings (SSSR count). The van der Waals surface area contributed by atoms with Gasteiger partial charge in [0.25, 0.3) is 0 Å². The van der Waals surface area contributed by atoms with Crippen molar-refractivity contribution >= 4 is 11.8 Å². The average molecular weight is 309 g/mol. The Morgan fingerprint density at radius 2 is 2.05 bits per heavy atom. The highest BCUT2D eigenvalue weighted by Gasteiger charge is 2.19. The molecular formula is C18H28FNS. The van der Waals surface area contributed by atoms with Crippen molar-refractivity contribution in [3.05, 3.63) is 35.1 Å². The molecule has 1 fully saturated rings. The molecule has 0 amide bonds. The van der Waals surface area contributed by atoms with E-state index in [4.69, 9.17) is 0 Å². The maximum atomic E-state index is 13.6. The minimum absolute atomic E-state index is 0.124. The highest BCUT2D eigenvalue weighted by molar-refractivity contribution is 7.99. The van der Waals surface area contributed by atoms with Crippen molar-refractivity contribution in [2.75, 3.05) is 12.3 Å². The molecule has 0 bridgehead atoms. The van der Waals surface area contributed by atoms with Crippen LogP contribution in [0.2, 0.25) is 0 Å². The summed E-state index contributed by atoms with van der Waals surface area (Å²) < 4.78 is 13.6. The number of benzene rings is 1. The van der Waals surface area contributed by atoms with E-state index < -0.39 is 0 Å². The second-order valence-corrected chi connectivity index (χ2v) is 7.43. The second-order valence-electron chi connectivity index (χ2n) is 6.10. The number of aryl methyl sites for hydroxylation is 1. The fourth-order valence-electron chi connectivity index (χ4n) is 3.03. The number of thioether (sulfide) groups is 1. The van der Waals surface area contributed by atoms with Crippen molar-refractivity contribution in [3.63, 3.8) is 0 Å². The summed E-state index contributed by atoms with van der Waals surface area (Å²) in [4.78, 5) is 0. The molecule has 1 unspecified atom stereocenters. The Bertz CT molecular complexity index is 429. The third-order valence-electron chi connectivity index (χ3n) is 4.31. The molecule has 3 heteroatoms. The van der Waals surface area contributed by atoms with Crippen LogP contribution in [0.3, 0.4) is 0 Å². The molecule has 21 heavy (non-hydrogen) atoms. The fourth-order valence-corrected chi connectivity index (χ4v) is 4.46. The first-order chi connectivity index (χ1) is 10.2. The van der Waals surface area contributed by atoms with Crippen LogP contribution in [0.25, 0.3) is 0 Å². The Morgan fingerprint density at radius 1 is 1.29 bits per heavy atom. The molecule has 1 aliphatic carbocycles. The predicted molar refractivity (Wildman–Crippen MR) is 91.5 cm³/mol. The first kappa shape index (κ1) is 16.8. The molecule has 118 valence electrons. The molecular weight excluding hydrogens is 281 g/mol. The van der Waals surface area contributed by atoms with Gasteiger partial charge in [-0.15, -0.1) is 0 Å². The summed E-state index contributed by atoms with van der Waals surface area (Å²) in [6, 6.07) is 5.44. The van der Waals surface area contributed by atoms with Gasteiger partial charge < -0.3 is 5.32 Å². The van der Waals surface area contributed by atoms with Crippen molar-refractivity contribution in [3.8, 4) is 0 Å². The van der Waals surface area contributed by atoms with Gasteiger partial charge in [-0.25, -0.2) is 4.39 Å². The molecule has 0 radical (unpaired) electrons. The van der Waals surface area contributed by atoms with Gasteiger partial charge in [-0.05, 0) is 56.0 Å². The zero-order valence-electron chi connectivity index (χ0n) is 13.3. The molecule has 1 nitrogen and oxygen atoms in total. The molecule has 1 saturated carbocycles. The van der Waals surface area contributed by atoms with E-state index in [0.717, 1.165) is 29.5 Å². The van der Waals surface area contributed by atoms with Gasteiger partial charge in [0.2, 0.25) is 0 Å². The Hall–Kier alpha value is -0.540. The first-order valence-electron chi connectivity index (χ1n) is 8.31. The molecule has 0 heterocycles. The second kappa shape index (κ2) is 8.79. The van der Waals surface area contributed by atoms with Crippen LogP contribution in [-0.2, 0) is 0 Å². The summed E-state index contributed by atoms with van der Waals surface area (Å²) in [5.74, 6) is 0.927. The minimum atomic E-state index is -0.124. The quantitative estimate of drug-likeness (QED) is 0.739. The lowest BCUT2D eigenvalue weighted by Crippen LogP contribution is -2.26. The highest BCUT2D eigenvalue weighted by atomic mass is 32.2. The molecule has 1 aromatic carbocycles. The van der Waals surface area contributed by atoms with Gasteiger partial charge >= 0.3 is 0 Å². The fraction of sp³-hybridized carbons (Fsp3) is 0.667. The number of hydrogen-bond acceptors (Lipinski definition) is 2. The largest absolute Gasteiger partial charge is 0.309 e. The van der Waals surface area contributed by atoms with Crippen LogP contribution in [0.1, 0.15) is 62.6 Å². The number of halogens is 1. The van der Waals surface area contributed by atoms with Crippen LogP contribution < -0.4 is 5.32 Å². The van der Waals surface area contributed by atoms with Crippen LogP contribution in [0.5, 0.6) is 0 Å². The topological polar surface area (TPSA) is 12.0 Å². The van der Waals surface area contributed by atoms with Crippen molar-refractivity contribution in [1.82, 2.24) is 5.32 Å². The Kier molecular flexibility index (Phi) is 7.05. The van der Waals surface area contributed by atoms with Crippen molar-refractivity contribution in [2.45, 2.75) is 63.7 Å². The van der Waals surface area contributed by atoms with Crippen molar-refractivity contribution in [1.29, 1.82) is 0 Å². The number of rotatable bonds is 7. The average Bonchev–Trinajstić information content (AvgIpc) is 2.51. The maximum Gasteiger partial charge on any atom is 0.123 e. The summed E-state index contributed by atoms with van der Waals surface area (Å²) in [7, 11) is 0. The molecule has 0 spiro atoms. The van der Waals surface area contributed by atoms with Crippen LogP contribution in [-0.4, -0.2) is 17.5 Å². The highest BCUT2D eigenvalue weighted by Crippen LogP contribution is 2.32. The van der Waals surface area contributed by atoms with E-state index in [1.54, 1.807) is 12.1 Å². The van der Waals surface area contributed by atoms with Crippen LogP contribution in [0, 0.1) is 12.7 Å². The van der Waals surface area contributed by atoms with E-state index in [1.807, 2.05) is 6.07 Å². The minimum Gasteiger partial charge on any atom is -0.309 e. The molecule has 1 aliphatic rings. The standard InChI is InChI=1S/C18H28FNS/c1-3-11-20-18(13-21-16-7-5-4-6-8-16)17-12-15(19)10-9-14(17)2/h9-10,12,16,18,20H,3-8,11,13H2,1-2H3. The number of nitrogens with one attached hydrogen (secondary N) is 1. The van der Waals surface area contributed by atoms with E-state index in [2.05, 4.69) is 30.9 Å². The SMILES string of the molecule is CCCNC(CSC1CCCCC1)c1cc(F)ccc1C. The van der Waals surface area contributed by atoms with Gasteiger partial charge in [-0.2, -0.15) is 11.8 Å². The van der Waals surface area contributed by atoms with E-state index >= 15 is 0 Å². The van der Waals surface area contributed by atoms with Crippen molar-refractivity contribution in [2.24, 2.45) is 0 Å². The molecule has 1 N–H and O–H groups in total. The van der Waals surface area contributed by atoms with Crippen LogP contribution >= 0.6 is 11.8 Å². The lowest BCUT2D eigenvalue weighted by Gasteiger charge is -2.25. The van der Waals surface area contributed by atoms with Crippen LogP contribution in [0.4, 0.5) is 4.39 Å². The van der Waals surface area contributed by atoms with Gasteiger partial charge in [-0.3, -0.25) is 0 Å². The maximum absolute atomic E-state index is 13.6. The Balaban J connectivity index is 2.00. The third kappa shape index (κ3) is 5.30.